The van der Waals surface area contributed by atoms with Gasteiger partial charge in [0.05, 0.1) is 7.11 Å². The molecule has 2 atom stereocenters. The van der Waals surface area contributed by atoms with Crippen LogP contribution in [-0.2, 0) is 9.53 Å². The van der Waals surface area contributed by atoms with E-state index in [-0.39, 0.29) is 12.2 Å². The van der Waals surface area contributed by atoms with E-state index < -0.39 is 18.2 Å². The van der Waals surface area contributed by atoms with Crippen LogP contribution in [0, 0.1) is 0 Å². The number of nitrogens with two attached hydrogens (primary N) is 1. The Morgan fingerprint density at radius 1 is 1.62 bits per heavy atom. The summed E-state index contributed by atoms with van der Waals surface area (Å²) in [5.41, 5.74) is 5.72. The van der Waals surface area contributed by atoms with Gasteiger partial charge in [-0.05, 0) is 17.7 Å². The smallest absolute Gasteiger partial charge is 0.322 e. The SMILES string of the molecule is COC(=O)C(N)CC(F)c1cccc(O)c1. The molecule has 1 aromatic rings. The Kier molecular flexibility index (Phi) is 4.25. The van der Waals surface area contributed by atoms with Crippen molar-refractivity contribution < 1.29 is 19.0 Å². The van der Waals surface area contributed by atoms with Crippen molar-refractivity contribution in [3.8, 4) is 5.75 Å². The Labute approximate surface area is 92.8 Å². The van der Waals surface area contributed by atoms with Crippen LogP contribution in [0.4, 0.5) is 4.39 Å². The molecule has 0 radical (unpaired) electrons. The molecule has 5 heteroatoms. The Morgan fingerprint density at radius 2 is 2.31 bits per heavy atom. The molecule has 0 aromatic heterocycles. The van der Waals surface area contributed by atoms with Crippen LogP contribution < -0.4 is 5.73 Å². The lowest BCUT2D eigenvalue weighted by Gasteiger charge is -2.13. The molecule has 2 unspecified atom stereocenters. The van der Waals surface area contributed by atoms with Gasteiger partial charge in [-0.2, -0.15) is 0 Å². The van der Waals surface area contributed by atoms with E-state index in [9.17, 15) is 9.18 Å². The fraction of sp³-hybridized carbons (Fsp3) is 0.364. The van der Waals surface area contributed by atoms with Gasteiger partial charge in [0.25, 0.3) is 0 Å². The number of carbonyl (C=O) groups excluding carboxylic acids is 1. The third kappa shape index (κ3) is 3.20. The molecule has 0 aliphatic heterocycles. The van der Waals surface area contributed by atoms with Crippen molar-refractivity contribution in [3.05, 3.63) is 29.8 Å². The first-order chi connectivity index (χ1) is 7.54. The van der Waals surface area contributed by atoms with E-state index in [1.54, 1.807) is 0 Å². The Balaban J connectivity index is 2.65. The molecular weight excluding hydrogens is 213 g/mol. The molecule has 1 rings (SSSR count). The van der Waals surface area contributed by atoms with Gasteiger partial charge in [0.1, 0.15) is 18.0 Å². The Morgan fingerprint density at radius 3 is 2.88 bits per heavy atom. The first-order valence-electron chi connectivity index (χ1n) is 4.81. The van der Waals surface area contributed by atoms with Crippen molar-refractivity contribution >= 4 is 5.97 Å². The fourth-order valence-electron chi connectivity index (χ4n) is 1.33. The minimum atomic E-state index is -1.40. The molecular formula is C11H14FNO3. The number of hydrogen-bond acceptors (Lipinski definition) is 4. The lowest BCUT2D eigenvalue weighted by molar-refractivity contribution is -0.142. The van der Waals surface area contributed by atoms with Crippen LogP contribution in [-0.4, -0.2) is 24.2 Å². The number of hydrogen-bond donors (Lipinski definition) is 2. The van der Waals surface area contributed by atoms with Crippen LogP contribution in [0.25, 0.3) is 0 Å². The summed E-state index contributed by atoms with van der Waals surface area (Å²) < 4.78 is 18.1. The quantitative estimate of drug-likeness (QED) is 0.760. The molecule has 0 saturated heterocycles. The first-order valence-corrected chi connectivity index (χ1v) is 4.81. The summed E-state index contributed by atoms with van der Waals surface area (Å²) in [6.45, 7) is 0. The molecule has 0 aliphatic carbocycles. The largest absolute Gasteiger partial charge is 0.508 e. The number of phenols is 1. The number of ether oxygens (including phenoxy) is 1. The van der Waals surface area contributed by atoms with Gasteiger partial charge < -0.3 is 15.6 Å². The Bertz CT molecular complexity index is 370. The molecule has 88 valence electrons. The van der Waals surface area contributed by atoms with Crippen molar-refractivity contribution in [1.29, 1.82) is 0 Å². The molecule has 3 N–H and O–H groups in total. The average molecular weight is 227 g/mol. The van der Waals surface area contributed by atoms with Crippen molar-refractivity contribution in [3.63, 3.8) is 0 Å². The standard InChI is InChI=1S/C11H14FNO3/c1-16-11(15)10(13)6-9(12)7-3-2-4-8(14)5-7/h2-5,9-10,14H,6,13H2,1H3. The van der Waals surface area contributed by atoms with Crippen LogP contribution in [0.15, 0.2) is 24.3 Å². The lowest BCUT2D eigenvalue weighted by Crippen LogP contribution is -2.32. The number of alkyl halides is 1. The maximum absolute atomic E-state index is 13.7. The second kappa shape index (κ2) is 5.46. The number of aromatic hydroxyl groups is 1. The van der Waals surface area contributed by atoms with Crippen molar-refractivity contribution in [1.82, 2.24) is 0 Å². The summed E-state index contributed by atoms with van der Waals surface area (Å²) in [7, 11) is 1.20. The van der Waals surface area contributed by atoms with Gasteiger partial charge in [-0.25, -0.2) is 4.39 Å². The summed E-state index contributed by atoms with van der Waals surface area (Å²) in [5.74, 6) is -0.672. The highest BCUT2D eigenvalue weighted by Gasteiger charge is 2.20. The molecule has 0 spiro atoms. The van der Waals surface area contributed by atoms with E-state index in [0.29, 0.717) is 5.56 Å². The predicted octanol–water partition coefficient (Wildman–Crippen LogP) is 1.29. The van der Waals surface area contributed by atoms with Crippen LogP contribution in [0.2, 0.25) is 0 Å². The topological polar surface area (TPSA) is 72.5 Å². The van der Waals surface area contributed by atoms with Crippen LogP contribution in [0.1, 0.15) is 18.2 Å². The molecule has 0 amide bonds. The van der Waals surface area contributed by atoms with E-state index in [4.69, 9.17) is 10.8 Å². The summed E-state index contributed by atoms with van der Waals surface area (Å²) in [5, 5.41) is 9.16. The highest BCUT2D eigenvalue weighted by atomic mass is 19.1. The van der Waals surface area contributed by atoms with E-state index in [1.807, 2.05) is 0 Å². The molecule has 0 saturated carbocycles. The summed E-state index contributed by atoms with van der Waals surface area (Å²) >= 11 is 0. The summed E-state index contributed by atoms with van der Waals surface area (Å²) in [6.07, 6.45) is -1.57. The molecule has 1 aromatic carbocycles. The van der Waals surface area contributed by atoms with Crippen molar-refractivity contribution in [2.45, 2.75) is 18.6 Å². The number of carbonyl (C=O) groups is 1. The second-order valence-electron chi connectivity index (χ2n) is 3.43. The average Bonchev–Trinajstić information content (AvgIpc) is 2.27. The zero-order valence-corrected chi connectivity index (χ0v) is 8.89. The highest BCUT2D eigenvalue weighted by Crippen LogP contribution is 2.25. The van der Waals surface area contributed by atoms with Crippen LogP contribution >= 0.6 is 0 Å². The molecule has 0 aliphatic rings. The summed E-state index contributed by atoms with van der Waals surface area (Å²) in [6, 6.07) is 4.79. The number of esters is 1. The number of phenolic OH excluding ortho intramolecular Hbond substituents is 1. The second-order valence-corrected chi connectivity index (χ2v) is 3.43. The normalized spacial score (nSPS) is 14.2. The van der Waals surface area contributed by atoms with Crippen molar-refractivity contribution in [2.24, 2.45) is 5.73 Å². The van der Waals surface area contributed by atoms with Gasteiger partial charge >= 0.3 is 5.97 Å². The Hall–Kier alpha value is -1.62. The number of methoxy groups -OCH3 is 1. The zero-order valence-electron chi connectivity index (χ0n) is 8.89. The van der Waals surface area contributed by atoms with Gasteiger partial charge in [0.15, 0.2) is 0 Å². The highest BCUT2D eigenvalue weighted by molar-refractivity contribution is 5.75. The number of benzene rings is 1. The minimum Gasteiger partial charge on any atom is -0.508 e. The molecule has 0 heterocycles. The van der Waals surface area contributed by atoms with Crippen LogP contribution in [0.5, 0.6) is 5.75 Å². The lowest BCUT2D eigenvalue weighted by atomic mass is 10.0. The van der Waals surface area contributed by atoms with E-state index in [2.05, 4.69) is 4.74 Å². The van der Waals surface area contributed by atoms with Gasteiger partial charge in [0.2, 0.25) is 0 Å². The molecule has 0 bridgehead atoms. The minimum absolute atomic E-state index is 0.0215. The predicted molar refractivity (Wildman–Crippen MR) is 56.6 cm³/mol. The van der Waals surface area contributed by atoms with E-state index >= 15 is 0 Å². The number of rotatable bonds is 4. The van der Waals surface area contributed by atoms with Gasteiger partial charge in [-0.15, -0.1) is 0 Å². The molecule has 16 heavy (non-hydrogen) atoms. The third-order valence-electron chi connectivity index (χ3n) is 2.20. The van der Waals surface area contributed by atoms with E-state index in [1.165, 1.54) is 31.4 Å². The van der Waals surface area contributed by atoms with E-state index in [0.717, 1.165) is 0 Å². The van der Waals surface area contributed by atoms with Gasteiger partial charge in [-0.1, -0.05) is 12.1 Å². The van der Waals surface area contributed by atoms with Gasteiger partial charge in [0, 0.05) is 6.42 Å². The maximum Gasteiger partial charge on any atom is 0.322 e. The zero-order chi connectivity index (χ0) is 12.1. The maximum atomic E-state index is 13.7. The van der Waals surface area contributed by atoms with Crippen molar-refractivity contribution in [2.75, 3.05) is 7.11 Å². The first kappa shape index (κ1) is 12.4. The fourth-order valence-corrected chi connectivity index (χ4v) is 1.33. The van der Waals surface area contributed by atoms with Crippen LogP contribution in [0.3, 0.4) is 0 Å². The summed E-state index contributed by atoms with van der Waals surface area (Å²) in [4.78, 5) is 11.0. The monoisotopic (exact) mass is 227 g/mol. The van der Waals surface area contributed by atoms with Gasteiger partial charge in [-0.3, -0.25) is 4.79 Å². The molecule has 0 fully saturated rings. The third-order valence-corrected chi connectivity index (χ3v) is 2.20. The molecule has 4 nitrogen and oxygen atoms in total. The number of halogens is 1.